The summed E-state index contributed by atoms with van der Waals surface area (Å²) in [6.45, 7) is 16.1. The number of ether oxygens (including phenoxy) is 4. The van der Waals surface area contributed by atoms with Gasteiger partial charge in [-0.3, -0.25) is 19.1 Å². The van der Waals surface area contributed by atoms with Crippen LogP contribution in [0.1, 0.15) is 67.7 Å². The number of carbonyl (C=O) groups is 3. The number of esters is 3. The van der Waals surface area contributed by atoms with E-state index in [1.165, 1.54) is 13.8 Å². The molecule has 2 aliphatic carbocycles. The molecule has 8 heteroatoms. The van der Waals surface area contributed by atoms with Crippen LogP contribution in [0.25, 0.3) is 0 Å². The molecule has 3 aliphatic rings. The van der Waals surface area contributed by atoms with Gasteiger partial charge in [0.2, 0.25) is 12.6 Å². The highest BCUT2D eigenvalue weighted by Gasteiger charge is 2.71. The lowest BCUT2D eigenvalue weighted by atomic mass is 9.45. The molecular formula is C28H40O8. The highest BCUT2D eigenvalue weighted by atomic mass is 16.8. The third-order valence-corrected chi connectivity index (χ3v) is 8.32. The molecule has 0 aromatic carbocycles. The zero-order chi connectivity index (χ0) is 27.0. The van der Waals surface area contributed by atoms with E-state index in [0.717, 1.165) is 5.57 Å². The summed E-state index contributed by atoms with van der Waals surface area (Å²) in [5.41, 5.74) is -0.0611. The van der Waals surface area contributed by atoms with E-state index in [2.05, 4.69) is 26.5 Å². The Bertz CT molecular complexity index is 965. The van der Waals surface area contributed by atoms with Crippen LogP contribution in [0.5, 0.6) is 0 Å². The maximum atomic E-state index is 12.6. The van der Waals surface area contributed by atoms with Crippen molar-refractivity contribution >= 4 is 17.9 Å². The van der Waals surface area contributed by atoms with Crippen molar-refractivity contribution in [3.63, 3.8) is 0 Å². The maximum absolute atomic E-state index is 12.6. The second-order valence-corrected chi connectivity index (χ2v) is 11.0. The minimum Gasteiger partial charge on any atom is -0.458 e. The van der Waals surface area contributed by atoms with Crippen LogP contribution in [0.15, 0.2) is 36.0 Å². The molecule has 200 valence electrons. The summed E-state index contributed by atoms with van der Waals surface area (Å²) >= 11 is 0. The molecule has 0 aromatic rings. The summed E-state index contributed by atoms with van der Waals surface area (Å²) in [4.78, 5) is 36.7. The first-order valence-corrected chi connectivity index (χ1v) is 12.7. The van der Waals surface area contributed by atoms with Gasteiger partial charge >= 0.3 is 17.9 Å². The second kappa shape index (κ2) is 10.5. The first-order chi connectivity index (χ1) is 16.8. The molecule has 0 bridgehead atoms. The fourth-order valence-electron chi connectivity index (χ4n) is 6.15. The molecule has 1 N–H and O–H groups in total. The molecule has 1 saturated carbocycles. The lowest BCUT2D eigenvalue weighted by Crippen LogP contribution is -2.63. The minimum atomic E-state index is -1.17. The van der Waals surface area contributed by atoms with Crippen molar-refractivity contribution in [2.24, 2.45) is 28.6 Å². The molecule has 0 amide bonds. The summed E-state index contributed by atoms with van der Waals surface area (Å²) < 4.78 is 23.1. The fraction of sp³-hybridized carbons (Fsp3) is 0.679. The Morgan fingerprint density at radius 2 is 1.81 bits per heavy atom. The van der Waals surface area contributed by atoms with E-state index in [1.807, 2.05) is 6.92 Å². The van der Waals surface area contributed by atoms with Crippen LogP contribution in [0.4, 0.5) is 0 Å². The molecule has 36 heavy (non-hydrogen) atoms. The smallest absolute Gasteiger partial charge is 0.308 e. The molecule has 8 atom stereocenters. The van der Waals surface area contributed by atoms with Gasteiger partial charge in [0.1, 0.15) is 6.10 Å². The molecule has 0 radical (unpaired) electrons. The van der Waals surface area contributed by atoms with Crippen molar-refractivity contribution in [3.05, 3.63) is 36.0 Å². The third-order valence-electron chi connectivity index (χ3n) is 8.32. The highest BCUT2D eigenvalue weighted by molar-refractivity contribution is 5.72. The first kappa shape index (κ1) is 28.1. The predicted molar refractivity (Wildman–Crippen MR) is 132 cm³/mol. The highest BCUT2D eigenvalue weighted by Crippen LogP contribution is 2.67. The number of carbonyl (C=O) groups excluding carboxylic acids is 3. The maximum Gasteiger partial charge on any atom is 0.308 e. The van der Waals surface area contributed by atoms with Crippen molar-refractivity contribution in [3.8, 4) is 0 Å². The predicted octanol–water partition coefficient (Wildman–Crippen LogP) is 4.22. The molecule has 1 spiro atoms. The fourth-order valence-corrected chi connectivity index (χ4v) is 6.15. The van der Waals surface area contributed by atoms with Crippen LogP contribution in [0.2, 0.25) is 0 Å². The number of aliphatic hydroxyl groups is 1. The van der Waals surface area contributed by atoms with Crippen molar-refractivity contribution in [2.75, 3.05) is 0 Å². The minimum absolute atomic E-state index is 0.0727. The van der Waals surface area contributed by atoms with Crippen LogP contribution in [-0.4, -0.2) is 47.8 Å². The largest absolute Gasteiger partial charge is 0.458 e. The zero-order valence-corrected chi connectivity index (χ0v) is 22.4. The van der Waals surface area contributed by atoms with E-state index in [1.54, 1.807) is 26.0 Å². The topological polar surface area (TPSA) is 108 Å². The van der Waals surface area contributed by atoms with E-state index in [-0.39, 0.29) is 23.7 Å². The lowest BCUT2D eigenvalue weighted by Gasteiger charge is -2.60. The van der Waals surface area contributed by atoms with Gasteiger partial charge in [0.05, 0.1) is 17.4 Å². The molecule has 1 saturated heterocycles. The Balaban J connectivity index is 2.23. The van der Waals surface area contributed by atoms with Gasteiger partial charge in [0, 0.05) is 19.4 Å². The van der Waals surface area contributed by atoms with Crippen LogP contribution < -0.4 is 0 Å². The van der Waals surface area contributed by atoms with Gasteiger partial charge in [-0.1, -0.05) is 52.0 Å². The van der Waals surface area contributed by atoms with Crippen molar-refractivity contribution in [1.29, 1.82) is 0 Å². The number of allylic oxidation sites excluding steroid dienone is 3. The average molecular weight is 505 g/mol. The van der Waals surface area contributed by atoms with Crippen LogP contribution in [-0.2, 0) is 33.3 Å². The second-order valence-electron chi connectivity index (χ2n) is 11.0. The Morgan fingerprint density at radius 3 is 2.36 bits per heavy atom. The number of rotatable bonds is 7. The van der Waals surface area contributed by atoms with Crippen molar-refractivity contribution in [2.45, 2.75) is 92.5 Å². The molecule has 3 rings (SSSR count). The Morgan fingerprint density at radius 1 is 1.17 bits per heavy atom. The van der Waals surface area contributed by atoms with Gasteiger partial charge < -0.3 is 19.3 Å². The third kappa shape index (κ3) is 4.90. The molecule has 0 unspecified atom stereocenters. The van der Waals surface area contributed by atoms with E-state index < -0.39 is 47.6 Å². The quantitative estimate of drug-likeness (QED) is 0.238. The van der Waals surface area contributed by atoms with E-state index in [9.17, 15) is 19.5 Å². The Labute approximate surface area is 213 Å². The summed E-state index contributed by atoms with van der Waals surface area (Å²) in [5.74, 6) is -2.08. The van der Waals surface area contributed by atoms with E-state index in [0.29, 0.717) is 24.8 Å². The van der Waals surface area contributed by atoms with Gasteiger partial charge in [0.15, 0.2) is 0 Å². The normalized spacial score (nSPS) is 37.9. The molecule has 8 nitrogen and oxygen atoms in total. The first-order valence-electron chi connectivity index (χ1n) is 12.7. The van der Waals surface area contributed by atoms with Gasteiger partial charge in [-0.05, 0) is 49.5 Å². The molecule has 1 heterocycles. The Hall–Kier alpha value is -2.45. The van der Waals surface area contributed by atoms with E-state index in [4.69, 9.17) is 18.9 Å². The lowest BCUT2D eigenvalue weighted by molar-refractivity contribution is -0.254. The summed E-state index contributed by atoms with van der Waals surface area (Å²) in [6.07, 6.45) is 3.22. The monoisotopic (exact) mass is 504 g/mol. The van der Waals surface area contributed by atoms with Gasteiger partial charge in [-0.2, -0.15) is 0 Å². The van der Waals surface area contributed by atoms with Crippen LogP contribution >= 0.6 is 0 Å². The average Bonchev–Trinajstić information content (AvgIpc) is 3.07. The van der Waals surface area contributed by atoms with Gasteiger partial charge in [-0.25, -0.2) is 0 Å². The zero-order valence-electron chi connectivity index (χ0n) is 22.4. The standard InChI is InChI=1S/C28H40O8/c1-9-16(4)10-11-27(8)17(5)12-23(31)28-21(13-20(14-22(27)28)35-24(32)15(2)3)25(33-18(6)29)36-26(28)34-19(7)30/h9-10,13,15,17,20,22-23,25-26,31H,1,11-12,14H2,2-8H3/b16-10-/t17-,20+,22+,23+,25+,26-,27-,28-/m1/s1. The number of aliphatic hydroxyl groups excluding tert-OH is 1. The van der Waals surface area contributed by atoms with Crippen molar-refractivity contribution < 1.29 is 38.4 Å². The van der Waals surface area contributed by atoms with Crippen LogP contribution in [0.3, 0.4) is 0 Å². The van der Waals surface area contributed by atoms with Crippen molar-refractivity contribution in [1.82, 2.24) is 0 Å². The molecule has 1 aliphatic heterocycles. The van der Waals surface area contributed by atoms with Gasteiger partial charge in [-0.15, -0.1) is 0 Å². The molecular weight excluding hydrogens is 464 g/mol. The summed E-state index contributed by atoms with van der Waals surface area (Å²) in [6, 6.07) is 0. The summed E-state index contributed by atoms with van der Waals surface area (Å²) in [5, 5.41) is 11.7. The van der Waals surface area contributed by atoms with E-state index >= 15 is 0 Å². The summed E-state index contributed by atoms with van der Waals surface area (Å²) in [7, 11) is 0. The number of hydrogen-bond acceptors (Lipinski definition) is 8. The molecule has 2 fully saturated rings. The van der Waals surface area contributed by atoms with Crippen LogP contribution in [0, 0.1) is 28.6 Å². The number of hydrogen-bond donors (Lipinski definition) is 1. The van der Waals surface area contributed by atoms with Gasteiger partial charge in [0.25, 0.3) is 0 Å². The Kier molecular flexibility index (Phi) is 8.20. The SMILES string of the molecule is C=C/C(C)=C\C[C@]1(C)[C@H](C)C[C@H](O)[C@@]23C(=C[C@H](OC(=O)C(C)C)C[C@@H]12)[C@@H](OC(C)=O)O[C@H]3OC(C)=O. The molecule has 0 aromatic heterocycles.